The number of aromatic nitrogens is 1. The maximum atomic E-state index is 12.2. The van der Waals surface area contributed by atoms with Crippen LogP contribution in [-0.4, -0.2) is 47.9 Å². The number of rotatable bonds is 3. The minimum Gasteiger partial charge on any atom is -0.338 e. The van der Waals surface area contributed by atoms with Crippen molar-refractivity contribution in [2.45, 2.75) is 26.3 Å². The zero-order valence-corrected chi connectivity index (χ0v) is 11.5. The second-order valence-electron chi connectivity index (χ2n) is 4.76. The van der Waals surface area contributed by atoms with Crippen molar-refractivity contribution in [1.29, 1.82) is 0 Å². The number of thiazole rings is 1. The van der Waals surface area contributed by atoms with Gasteiger partial charge in [-0.3, -0.25) is 4.79 Å². The Morgan fingerprint density at radius 1 is 1.41 bits per heavy atom. The minimum absolute atomic E-state index is 0.169. The van der Waals surface area contributed by atoms with Crippen LogP contribution in [0.1, 0.15) is 33.2 Å². The van der Waals surface area contributed by atoms with Crippen LogP contribution in [0.5, 0.6) is 0 Å². The number of hydrogen-bond acceptors (Lipinski definition) is 4. The highest BCUT2D eigenvalue weighted by Crippen LogP contribution is 2.22. The third kappa shape index (κ3) is 2.84. The number of aryl methyl sites for hydroxylation is 1. The Bertz CT molecular complexity index is 408. The molecule has 4 nitrogen and oxygen atoms in total. The first-order chi connectivity index (χ1) is 8.08. The molecule has 5 heteroatoms. The topological polar surface area (TPSA) is 36.4 Å². The Kier molecular flexibility index (Phi) is 3.79. The first-order valence-electron chi connectivity index (χ1n) is 5.98. The summed E-state index contributed by atoms with van der Waals surface area (Å²) in [6, 6.07) is 0. The number of likely N-dealkylation sites (tertiary alicyclic amines) is 1. The van der Waals surface area contributed by atoms with Gasteiger partial charge in [-0.15, -0.1) is 11.3 Å². The van der Waals surface area contributed by atoms with E-state index in [0.29, 0.717) is 0 Å². The van der Waals surface area contributed by atoms with Crippen molar-refractivity contribution in [2.24, 2.45) is 0 Å². The molecule has 0 spiro atoms. The quantitative estimate of drug-likeness (QED) is 0.823. The lowest BCUT2D eigenvalue weighted by Gasteiger charge is -2.13. The lowest BCUT2D eigenvalue weighted by molar-refractivity contribution is 0.0796. The first kappa shape index (κ1) is 12.5. The van der Waals surface area contributed by atoms with Gasteiger partial charge in [-0.2, -0.15) is 0 Å². The molecule has 1 saturated heterocycles. The lowest BCUT2D eigenvalue weighted by Crippen LogP contribution is -2.27. The average molecular weight is 253 g/mol. The monoisotopic (exact) mass is 253 g/mol. The fraction of sp³-hybridized carbons (Fsp3) is 0.667. The third-order valence-corrected chi connectivity index (χ3v) is 4.01. The van der Waals surface area contributed by atoms with Crippen molar-refractivity contribution < 1.29 is 4.79 Å². The molecule has 0 aliphatic carbocycles. The van der Waals surface area contributed by atoms with Gasteiger partial charge in [0.2, 0.25) is 0 Å². The van der Waals surface area contributed by atoms with E-state index in [0.717, 1.165) is 48.1 Å². The van der Waals surface area contributed by atoms with Crippen LogP contribution in [0, 0.1) is 6.92 Å². The zero-order valence-electron chi connectivity index (χ0n) is 10.7. The molecule has 1 aliphatic heterocycles. The van der Waals surface area contributed by atoms with E-state index in [9.17, 15) is 4.79 Å². The van der Waals surface area contributed by atoms with Gasteiger partial charge >= 0.3 is 0 Å². The van der Waals surface area contributed by atoms with Crippen LogP contribution in [0.15, 0.2) is 0 Å². The van der Waals surface area contributed by atoms with Gasteiger partial charge in [0.05, 0.1) is 5.69 Å². The molecule has 0 radical (unpaired) electrons. The number of carbonyl (C=O) groups is 1. The summed E-state index contributed by atoms with van der Waals surface area (Å²) in [4.78, 5) is 21.6. The van der Waals surface area contributed by atoms with Crippen LogP contribution < -0.4 is 0 Å². The predicted octanol–water partition coefficient (Wildman–Crippen LogP) is 1.75. The Morgan fingerprint density at radius 2 is 2.06 bits per heavy atom. The summed E-state index contributed by atoms with van der Waals surface area (Å²) in [5, 5.41) is 1.02. The van der Waals surface area contributed by atoms with E-state index >= 15 is 0 Å². The average Bonchev–Trinajstić information content (AvgIpc) is 2.85. The van der Waals surface area contributed by atoms with Crippen LogP contribution in [0.3, 0.4) is 0 Å². The van der Waals surface area contributed by atoms with E-state index < -0.39 is 0 Å². The van der Waals surface area contributed by atoms with Gasteiger partial charge < -0.3 is 9.80 Å². The van der Waals surface area contributed by atoms with Gasteiger partial charge in [-0.05, 0) is 33.9 Å². The van der Waals surface area contributed by atoms with Gasteiger partial charge in [0.1, 0.15) is 9.88 Å². The van der Waals surface area contributed by atoms with Gasteiger partial charge in [-0.1, -0.05) is 0 Å². The molecule has 0 unspecified atom stereocenters. The molecule has 2 heterocycles. The predicted molar refractivity (Wildman–Crippen MR) is 69.4 cm³/mol. The molecular weight excluding hydrogens is 234 g/mol. The molecule has 17 heavy (non-hydrogen) atoms. The van der Waals surface area contributed by atoms with Crippen LogP contribution >= 0.6 is 11.3 Å². The van der Waals surface area contributed by atoms with E-state index in [2.05, 4.69) is 9.88 Å². The van der Waals surface area contributed by atoms with Crippen LogP contribution in [0.2, 0.25) is 0 Å². The molecule has 0 atom stereocenters. The number of hydrogen-bond donors (Lipinski definition) is 0. The van der Waals surface area contributed by atoms with E-state index in [-0.39, 0.29) is 5.91 Å². The smallest absolute Gasteiger partial charge is 0.265 e. The summed E-state index contributed by atoms with van der Waals surface area (Å²) in [5.41, 5.74) is 0.878. The Labute approximate surface area is 106 Å². The number of carbonyl (C=O) groups excluding carboxylic acids is 1. The lowest BCUT2D eigenvalue weighted by atomic mass is 10.3. The Balaban J connectivity index is 2.14. The molecule has 1 aromatic heterocycles. The van der Waals surface area contributed by atoms with Gasteiger partial charge in [0.25, 0.3) is 5.91 Å². The minimum atomic E-state index is 0.169. The Hall–Kier alpha value is -0.940. The normalized spacial score (nSPS) is 15.9. The fourth-order valence-electron chi connectivity index (χ4n) is 2.05. The fourth-order valence-corrected chi connectivity index (χ4v) is 3.20. The maximum Gasteiger partial charge on any atom is 0.265 e. The summed E-state index contributed by atoms with van der Waals surface area (Å²) < 4.78 is 0. The molecule has 1 aliphatic rings. The van der Waals surface area contributed by atoms with Crippen molar-refractivity contribution in [3.05, 3.63) is 15.6 Å². The molecule has 94 valence electrons. The molecule has 1 amide bonds. The zero-order chi connectivity index (χ0) is 12.4. The molecule has 0 saturated carbocycles. The second-order valence-corrected chi connectivity index (χ2v) is 5.84. The number of amides is 1. The van der Waals surface area contributed by atoms with Crippen LogP contribution in [0.25, 0.3) is 0 Å². The van der Waals surface area contributed by atoms with Crippen molar-refractivity contribution in [2.75, 3.05) is 27.2 Å². The summed E-state index contributed by atoms with van der Waals surface area (Å²) >= 11 is 1.54. The van der Waals surface area contributed by atoms with Gasteiger partial charge in [0.15, 0.2) is 0 Å². The Morgan fingerprint density at radius 3 is 2.65 bits per heavy atom. The second kappa shape index (κ2) is 5.14. The van der Waals surface area contributed by atoms with E-state index in [1.807, 2.05) is 25.9 Å². The highest BCUT2D eigenvalue weighted by molar-refractivity contribution is 7.13. The molecular formula is C12H19N3OS. The van der Waals surface area contributed by atoms with E-state index in [1.165, 1.54) is 11.3 Å². The highest BCUT2D eigenvalue weighted by Gasteiger charge is 2.23. The maximum absolute atomic E-state index is 12.2. The number of nitrogens with zero attached hydrogens (tertiary/aromatic N) is 3. The molecule has 2 rings (SSSR count). The molecule has 0 N–H and O–H groups in total. The van der Waals surface area contributed by atoms with Crippen molar-refractivity contribution >= 4 is 17.2 Å². The largest absolute Gasteiger partial charge is 0.338 e. The van der Waals surface area contributed by atoms with Crippen molar-refractivity contribution in [1.82, 2.24) is 14.8 Å². The summed E-state index contributed by atoms with van der Waals surface area (Å²) in [5.74, 6) is 0.169. The molecule has 1 fully saturated rings. The van der Waals surface area contributed by atoms with E-state index in [1.54, 1.807) is 0 Å². The molecule has 0 aromatic carbocycles. The van der Waals surface area contributed by atoms with Crippen LogP contribution in [0.4, 0.5) is 0 Å². The van der Waals surface area contributed by atoms with Crippen LogP contribution in [-0.2, 0) is 6.54 Å². The summed E-state index contributed by atoms with van der Waals surface area (Å²) in [6.07, 6.45) is 2.27. The summed E-state index contributed by atoms with van der Waals surface area (Å²) in [7, 11) is 4.03. The molecule has 0 bridgehead atoms. The van der Waals surface area contributed by atoms with Crippen molar-refractivity contribution in [3.8, 4) is 0 Å². The standard InChI is InChI=1S/C12H19N3OS/c1-9-11(12(16)15-6-4-5-7-15)17-10(13-9)8-14(2)3/h4-8H2,1-3H3. The first-order valence-corrected chi connectivity index (χ1v) is 6.80. The summed E-state index contributed by atoms with van der Waals surface area (Å²) in [6.45, 7) is 4.54. The van der Waals surface area contributed by atoms with Gasteiger partial charge in [-0.25, -0.2) is 4.98 Å². The van der Waals surface area contributed by atoms with E-state index in [4.69, 9.17) is 0 Å². The van der Waals surface area contributed by atoms with Crippen molar-refractivity contribution in [3.63, 3.8) is 0 Å². The SMILES string of the molecule is Cc1nc(CN(C)C)sc1C(=O)N1CCCC1. The van der Waals surface area contributed by atoms with Gasteiger partial charge in [0, 0.05) is 19.6 Å². The highest BCUT2D eigenvalue weighted by atomic mass is 32.1. The third-order valence-electron chi connectivity index (χ3n) is 2.88. The molecule has 1 aromatic rings.